The van der Waals surface area contributed by atoms with Crippen molar-refractivity contribution in [1.29, 1.82) is 0 Å². The van der Waals surface area contributed by atoms with Gasteiger partial charge in [0.25, 0.3) is 11.8 Å². The number of halogens is 3. The van der Waals surface area contributed by atoms with E-state index in [0.29, 0.717) is 54.0 Å². The quantitative estimate of drug-likeness (QED) is 0.178. The van der Waals surface area contributed by atoms with E-state index in [4.69, 9.17) is 14.2 Å². The first-order valence-electron chi connectivity index (χ1n) is 18.2. The van der Waals surface area contributed by atoms with Crippen LogP contribution in [-0.4, -0.2) is 71.8 Å². The Kier molecular flexibility index (Phi) is 11.5. The Morgan fingerprint density at radius 3 is 2.39 bits per heavy atom. The van der Waals surface area contributed by atoms with Gasteiger partial charge in [-0.3, -0.25) is 9.59 Å². The highest BCUT2D eigenvalue weighted by molar-refractivity contribution is 7.13. The number of likely N-dealkylation sites (tertiary alicyclic amines) is 1. The fourth-order valence-electron chi connectivity index (χ4n) is 7.06. The Morgan fingerprint density at radius 1 is 0.982 bits per heavy atom. The summed E-state index contributed by atoms with van der Waals surface area (Å²) in [7, 11) is 1.12. The largest absolute Gasteiger partial charge is 0.493 e. The van der Waals surface area contributed by atoms with Crippen molar-refractivity contribution in [2.45, 2.75) is 84.7 Å². The van der Waals surface area contributed by atoms with Gasteiger partial charge in [-0.1, -0.05) is 12.1 Å². The van der Waals surface area contributed by atoms with E-state index >= 15 is 0 Å². The van der Waals surface area contributed by atoms with Crippen molar-refractivity contribution in [2.24, 2.45) is 0 Å². The Bertz CT molecular complexity index is 2170. The van der Waals surface area contributed by atoms with Crippen molar-refractivity contribution >= 4 is 40.9 Å². The standard InChI is InChI=1S/C41H43F3N4O7S/c1-22-17-24(21-45-39(52)55-40(3,4)5)18-23(2)33(22)47-36(49)28-19-29-31(54-15-12-25-13-16-56-35(25)29)20-27(28)26-10-11-30(46-34(26)38(51)53-6)37(50)48-14-8-7-9-32(48)41(42,43)44/h10-11,13,16-20,32H,7-9,12,14-15,21H2,1-6H3,(H,45,52)(H,47,49)/t32-/m0/s1. The van der Waals surface area contributed by atoms with E-state index in [9.17, 15) is 32.3 Å². The third-order valence-corrected chi connectivity index (χ3v) is 10.6. The van der Waals surface area contributed by atoms with Crippen LogP contribution < -0.4 is 15.4 Å². The van der Waals surface area contributed by atoms with E-state index in [1.165, 1.54) is 23.5 Å². The maximum Gasteiger partial charge on any atom is 0.408 e. The number of esters is 1. The monoisotopic (exact) mass is 792 g/mol. The lowest BCUT2D eigenvalue weighted by Gasteiger charge is -2.36. The molecule has 0 spiro atoms. The topological polar surface area (TPSA) is 136 Å². The lowest BCUT2D eigenvalue weighted by atomic mass is 9.93. The van der Waals surface area contributed by atoms with Crippen LogP contribution >= 0.6 is 11.3 Å². The van der Waals surface area contributed by atoms with Crippen LogP contribution in [0.2, 0.25) is 0 Å². The van der Waals surface area contributed by atoms with E-state index < -0.39 is 41.7 Å². The molecule has 3 amide bonds. The zero-order valence-corrected chi connectivity index (χ0v) is 32.8. The van der Waals surface area contributed by atoms with Gasteiger partial charge in [-0.05, 0) is 112 Å². The molecular weight excluding hydrogens is 750 g/mol. The van der Waals surface area contributed by atoms with E-state index in [0.717, 1.165) is 28.0 Å². The summed E-state index contributed by atoms with van der Waals surface area (Å²) in [6.45, 7) is 9.39. The predicted octanol–water partition coefficient (Wildman–Crippen LogP) is 8.65. The summed E-state index contributed by atoms with van der Waals surface area (Å²) in [6.07, 6.45) is -4.10. The molecule has 56 heavy (non-hydrogen) atoms. The average Bonchev–Trinajstić information content (AvgIpc) is 3.54. The van der Waals surface area contributed by atoms with Crippen LogP contribution in [0.5, 0.6) is 5.75 Å². The number of aryl methyl sites for hydroxylation is 2. The lowest BCUT2D eigenvalue weighted by Crippen LogP contribution is -2.51. The van der Waals surface area contributed by atoms with Gasteiger partial charge in [-0.15, -0.1) is 11.3 Å². The number of alkyl carbamates (subject to hydrolysis) is 1. The highest BCUT2D eigenvalue weighted by atomic mass is 32.1. The Labute approximate surface area is 326 Å². The molecule has 15 heteroatoms. The van der Waals surface area contributed by atoms with Crippen molar-refractivity contribution in [1.82, 2.24) is 15.2 Å². The van der Waals surface area contributed by atoms with E-state index in [1.807, 2.05) is 37.4 Å². The van der Waals surface area contributed by atoms with E-state index in [-0.39, 0.29) is 47.6 Å². The third-order valence-electron chi connectivity index (χ3n) is 9.58. The number of methoxy groups -OCH3 is 1. The molecule has 4 heterocycles. The average molecular weight is 793 g/mol. The van der Waals surface area contributed by atoms with E-state index in [1.54, 1.807) is 32.9 Å². The first-order chi connectivity index (χ1) is 26.4. The minimum atomic E-state index is -4.64. The summed E-state index contributed by atoms with van der Waals surface area (Å²) in [6, 6.07) is 9.68. The second kappa shape index (κ2) is 16.0. The third kappa shape index (κ3) is 8.67. The van der Waals surface area contributed by atoms with Crippen molar-refractivity contribution in [2.75, 3.05) is 25.6 Å². The molecule has 0 aliphatic carbocycles. The number of carbonyl (C=O) groups excluding carboxylic acids is 4. The smallest absolute Gasteiger partial charge is 0.408 e. The van der Waals surface area contributed by atoms with Crippen LogP contribution in [0.4, 0.5) is 23.7 Å². The Morgan fingerprint density at radius 2 is 1.71 bits per heavy atom. The van der Waals surface area contributed by atoms with Gasteiger partial charge in [0, 0.05) is 52.3 Å². The molecule has 1 atom stereocenters. The second-order valence-electron chi connectivity index (χ2n) is 14.8. The molecule has 2 N–H and O–H groups in total. The normalized spacial score (nSPS) is 15.4. The fraction of sp³-hybridized carbons (Fsp3) is 0.390. The number of piperidine rings is 1. The number of benzene rings is 2. The number of rotatable bonds is 7. The molecule has 1 fully saturated rings. The Balaban J connectivity index is 1.41. The number of carbonyl (C=O) groups is 4. The predicted molar refractivity (Wildman–Crippen MR) is 205 cm³/mol. The molecule has 4 aromatic rings. The van der Waals surface area contributed by atoms with Crippen LogP contribution in [0.3, 0.4) is 0 Å². The molecule has 2 aliphatic rings. The fourth-order valence-corrected chi connectivity index (χ4v) is 8.04. The molecule has 2 aromatic heterocycles. The number of hydrogen-bond acceptors (Lipinski definition) is 9. The number of alkyl halides is 3. The number of ether oxygens (including phenoxy) is 3. The zero-order valence-electron chi connectivity index (χ0n) is 31.9. The van der Waals surface area contributed by atoms with Crippen LogP contribution in [0, 0.1) is 13.8 Å². The lowest BCUT2D eigenvalue weighted by molar-refractivity contribution is -0.183. The van der Waals surface area contributed by atoms with Crippen molar-refractivity contribution < 1.29 is 46.6 Å². The number of nitrogens with one attached hydrogen (secondary N) is 2. The number of fused-ring (bicyclic) bond motifs is 3. The van der Waals surface area contributed by atoms with Crippen molar-refractivity contribution in [3.63, 3.8) is 0 Å². The molecule has 2 aliphatic heterocycles. The summed E-state index contributed by atoms with van der Waals surface area (Å²) >= 11 is 1.50. The molecule has 296 valence electrons. The van der Waals surface area contributed by atoms with Gasteiger partial charge < -0.3 is 29.7 Å². The second-order valence-corrected chi connectivity index (χ2v) is 15.7. The number of amides is 3. The van der Waals surface area contributed by atoms with E-state index in [2.05, 4.69) is 15.6 Å². The molecular formula is C41H43F3N4O7S. The number of nitrogens with zero attached hydrogens (tertiary/aromatic N) is 2. The molecule has 0 saturated carbocycles. The molecule has 11 nitrogen and oxygen atoms in total. The van der Waals surface area contributed by atoms with Gasteiger partial charge in [-0.2, -0.15) is 13.2 Å². The van der Waals surface area contributed by atoms with Gasteiger partial charge in [0.15, 0.2) is 5.69 Å². The molecule has 0 unspecified atom stereocenters. The molecule has 0 bridgehead atoms. The number of hydrogen-bond donors (Lipinski definition) is 2. The summed E-state index contributed by atoms with van der Waals surface area (Å²) in [4.78, 5) is 59.7. The maximum absolute atomic E-state index is 14.5. The molecule has 1 saturated heterocycles. The molecule has 6 rings (SSSR count). The van der Waals surface area contributed by atoms with Crippen LogP contribution in [0.15, 0.2) is 47.8 Å². The molecule has 2 aromatic carbocycles. The van der Waals surface area contributed by atoms with Gasteiger partial charge in [0.1, 0.15) is 23.1 Å². The van der Waals surface area contributed by atoms with Crippen LogP contribution in [0.1, 0.15) is 93.6 Å². The molecule has 0 radical (unpaired) electrons. The minimum absolute atomic E-state index is 0.114. The SMILES string of the molecule is COC(=O)c1nc(C(=O)N2CCCC[C@H]2C(F)(F)F)ccc1-c1cc2c(cc1C(=O)Nc1c(C)cc(CNC(=O)OC(C)(C)C)cc1C)-c1sccc1CCO2. The summed E-state index contributed by atoms with van der Waals surface area (Å²) in [5.74, 6) is -2.00. The highest BCUT2D eigenvalue weighted by Crippen LogP contribution is 2.44. The minimum Gasteiger partial charge on any atom is -0.493 e. The van der Waals surface area contributed by atoms with Crippen molar-refractivity contribution in [3.8, 4) is 27.3 Å². The Hall–Kier alpha value is -5.44. The van der Waals surface area contributed by atoms with Gasteiger partial charge >= 0.3 is 18.2 Å². The number of pyridine rings is 1. The maximum atomic E-state index is 14.5. The zero-order chi connectivity index (χ0) is 40.5. The van der Waals surface area contributed by atoms with Gasteiger partial charge in [0.2, 0.25) is 0 Å². The number of thiophene rings is 1. The van der Waals surface area contributed by atoms with Crippen molar-refractivity contribution in [3.05, 3.63) is 87.0 Å². The number of anilines is 1. The highest BCUT2D eigenvalue weighted by Gasteiger charge is 2.46. The first kappa shape index (κ1) is 40.2. The van der Waals surface area contributed by atoms with Gasteiger partial charge in [0.05, 0.1) is 13.7 Å². The summed E-state index contributed by atoms with van der Waals surface area (Å²) < 4.78 is 58.4. The van der Waals surface area contributed by atoms with Crippen LogP contribution in [-0.2, 0) is 22.4 Å². The number of aromatic nitrogens is 1. The summed E-state index contributed by atoms with van der Waals surface area (Å²) in [5, 5.41) is 7.73. The van der Waals surface area contributed by atoms with Gasteiger partial charge in [-0.25, -0.2) is 14.6 Å². The van der Waals surface area contributed by atoms with Crippen LogP contribution in [0.25, 0.3) is 21.6 Å². The summed E-state index contributed by atoms with van der Waals surface area (Å²) in [5.41, 5.74) is 3.57. The first-order valence-corrected chi connectivity index (χ1v) is 19.1.